The van der Waals surface area contributed by atoms with Gasteiger partial charge >= 0.3 is 0 Å². The summed E-state index contributed by atoms with van der Waals surface area (Å²) in [5.74, 6) is 3.12. The number of aryl methyl sites for hydroxylation is 2. The summed E-state index contributed by atoms with van der Waals surface area (Å²) in [5, 5.41) is 30.8. The van der Waals surface area contributed by atoms with Crippen molar-refractivity contribution < 1.29 is 29.2 Å². The van der Waals surface area contributed by atoms with Crippen LogP contribution in [-0.4, -0.2) is 36.6 Å². The Morgan fingerprint density at radius 3 is 1.19 bits per heavy atom. The van der Waals surface area contributed by atoms with Crippen LogP contribution >= 0.6 is 0 Å². The number of hydrogen-bond acceptors (Lipinski definition) is 6. The lowest BCUT2D eigenvalue weighted by Gasteiger charge is -2.34. The molecular formula is C75H88O6. The van der Waals surface area contributed by atoms with Gasteiger partial charge in [-0.3, -0.25) is 0 Å². The van der Waals surface area contributed by atoms with Crippen LogP contribution in [0, 0.1) is 10.8 Å². The SMILES string of the molecule is COc1ccc(O[C@H](C)C[C@H](C)Oc2ccc(OC)cc2-c2cc(C(C)(C)CC(C)(C)C)cc(-c3c4c(cc5ccccc35)CCCC4)c2O)c(-c2cc(C(C)(C)CC(C)(C)C)cc(-c3c4c(cc5ccccc35)CCCC4)c2O)c1. The van der Waals surface area contributed by atoms with Gasteiger partial charge in [0.25, 0.3) is 0 Å². The van der Waals surface area contributed by atoms with Gasteiger partial charge in [0.05, 0.1) is 26.4 Å². The lowest BCUT2D eigenvalue weighted by atomic mass is 9.71. The zero-order valence-electron chi connectivity index (χ0n) is 51.0. The van der Waals surface area contributed by atoms with Gasteiger partial charge in [0.2, 0.25) is 0 Å². The van der Waals surface area contributed by atoms with Gasteiger partial charge in [0, 0.05) is 39.8 Å². The van der Waals surface area contributed by atoms with E-state index in [0.29, 0.717) is 40.5 Å². The number of rotatable bonds is 16. The molecule has 8 aromatic carbocycles. The maximum Gasteiger partial charge on any atom is 0.131 e. The predicted molar refractivity (Wildman–Crippen MR) is 338 cm³/mol. The van der Waals surface area contributed by atoms with Gasteiger partial charge < -0.3 is 29.2 Å². The lowest BCUT2D eigenvalue weighted by molar-refractivity contribution is 0.131. The second kappa shape index (κ2) is 22.4. The van der Waals surface area contributed by atoms with Crippen molar-refractivity contribution in [2.75, 3.05) is 14.2 Å². The molecule has 0 aromatic heterocycles. The molecule has 8 aromatic rings. The molecule has 0 fully saturated rings. The maximum absolute atomic E-state index is 13.0. The maximum atomic E-state index is 13.0. The highest BCUT2D eigenvalue weighted by molar-refractivity contribution is 6.04. The summed E-state index contributed by atoms with van der Waals surface area (Å²) >= 11 is 0. The van der Waals surface area contributed by atoms with Crippen LogP contribution in [0.15, 0.2) is 121 Å². The molecule has 424 valence electrons. The van der Waals surface area contributed by atoms with E-state index < -0.39 is 0 Å². The van der Waals surface area contributed by atoms with E-state index in [1.807, 2.05) is 36.4 Å². The van der Waals surface area contributed by atoms with Gasteiger partial charge in [0.15, 0.2) is 0 Å². The Bertz CT molecular complexity index is 3400. The van der Waals surface area contributed by atoms with Gasteiger partial charge in [-0.1, -0.05) is 130 Å². The van der Waals surface area contributed by atoms with Crippen molar-refractivity contribution in [3.05, 3.63) is 155 Å². The van der Waals surface area contributed by atoms with Crippen molar-refractivity contribution in [2.45, 2.75) is 177 Å². The minimum atomic E-state index is -0.319. The van der Waals surface area contributed by atoms with Crippen molar-refractivity contribution >= 4 is 21.5 Å². The molecule has 0 heterocycles. The number of phenols is 2. The van der Waals surface area contributed by atoms with E-state index in [2.05, 4.69) is 168 Å². The molecule has 2 aliphatic rings. The van der Waals surface area contributed by atoms with Gasteiger partial charge in [-0.2, -0.15) is 0 Å². The van der Waals surface area contributed by atoms with E-state index in [1.165, 1.54) is 33.0 Å². The van der Waals surface area contributed by atoms with Crippen LogP contribution in [0.4, 0.5) is 0 Å². The molecule has 2 atom stereocenters. The number of aromatic hydroxyl groups is 2. The number of hydrogen-bond donors (Lipinski definition) is 2. The zero-order valence-corrected chi connectivity index (χ0v) is 51.0. The highest BCUT2D eigenvalue weighted by Gasteiger charge is 2.34. The van der Waals surface area contributed by atoms with Crippen molar-refractivity contribution in [1.82, 2.24) is 0 Å². The molecule has 81 heavy (non-hydrogen) atoms. The number of ether oxygens (including phenoxy) is 4. The Morgan fingerprint density at radius 2 is 0.802 bits per heavy atom. The number of fused-ring (bicyclic) bond motifs is 4. The minimum Gasteiger partial charge on any atom is -0.507 e. The average molecular weight is 1090 g/mol. The first-order chi connectivity index (χ1) is 38.4. The van der Waals surface area contributed by atoms with Crippen LogP contribution in [-0.2, 0) is 36.5 Å². The molecule has 0 radical (unpaired) electrons. The summed E-state index contributed by atoms with van der Waals surface area (Å²) in [7, 11) is 3.37. The monoisotopic (exact) mass is 1080 g/mol. The summed E-state index contributed by atoms with van der Waals surface area (Å²) in [6.45, 7) is 27.3. The molecule has 0 bridgehead atoms. The summed E-state index contributed by atoms with van der Waals surface area (Å²) in [6.07, 6.45) is 10.4. The van der Waals surface area contributed by atoms with E-state index in [-0.39, 0.29) is 45.4 Å². The molecule has 10 rings (SSSR count). The van der Waals surface area contributed by atoms with Crippen LogP contribution < -0.4 is 18.9 Å². The quantitative estimate of drug-likeness (QED) is 0.100. The Labute approximate surface area is 483 Å². The van der Waals surface area contributed by atoms with Crippen LogP contribution in [0.5, 0.6) is 34.5 Å². The second-order valence-electron chi connectivity index (χ2n) is 27.5. The van der Waals surface area contributed by atoms with Crippen LogP contribution in [0.2, 0.25) is 0 Å². The van der Waals surface area contributed by atoms with Crippen molar-refractivity contribution in [3.63, 3.8) is 0 Å². The van der Waals surface area contributed by atoms with Gasteiger partial charge in [-0.25, -0.2) is 0 Å². The minimum absolute atomic E-state index is 0.0543. The fourth-order valence-corrected chi connectivity index (χ4v) is 14.4. The fourth-order valence-electron chi connectivity index (χ4n) is 14.4. The average Bonchev–Trinajstić information content (AvgIpc) is 3.12. The summed E-state index contributed by atoms with van der Waals surface area (Å²) in [4.78, 5) is 0. The molecule has 6 nitrogen and oxygen atoms in total. The molecule has 2 aliphatic carbocycles. The van der Waals surface area contributed by atoms with E-state index in [4.69, 9.17) is 18.9 Å². The lowest BCUT2D eigenvalue weighted by Crippen LogP contribution is -2.25. The van der Waals surface area contributed by atoms with Crippen LogP contribution in [0.25, 0.3) is 66.1 Å². The molecule has 0 unspecified atom stereocenters. The standard InChI is InChI=1S/C75H88O6/c1-46(80-66-33-31-54(78-13)42-60(66)62-38-52(74(9,10)44-72(3,4)5)40-64(70(62)76)68-56-27-19-15-23-48(56)36-49-24-16-20-28-57(49)68)35-47(2)81-67-34-32-55(79-14)43-61(67)63-39-53(75(11,12)45-73(6,7)8)41-65(71(63)77)69-58-29-21-17-25-50(58)37-51-26-18-22-30-59(51)69/h15,17,19,21,23,25,27,29,31-34,36-43,46-47,76-77H,16,18,20,22,24,26,28,30,35,44-45H2,1-14H3/t46-,47+. The Hall–Kier alpha value is -6.92. The molecule has 0 spiro atoms. The first-order valence-electron chi connectivity index (χ1n) is 29.9. The Balaban J connectivity index is 1.04. The third-order valence-electron chi connectivity index (χ3n) is 17.3. The smallest absolute Gasteiger partial charge is 0.131 e. The third kappa shape index (κ3) is 12.0. The van der Waals surface area contributed by atoms with E-state index in [1.54, 1.807) is 14.2 Å². The Kier molecular flexibility index (Phi) is 15.9. The molecule has 6 heteroatoms. The topological polar surface area (TPSA) is 77.4 Å². The van der Waals surface area contributed by atoms with Crippen molar-refractivity contribution in [3.8, 4) is 79.0 Å². The Morgan fingerprint density at radius 1 is 0.432 bits per heavy atom. The first kappa shape index (κ1) is 57.3. The summed E-state index contributed by atoms with van der Waals surface area (Å²) in [6, 6.07) is 42.9. The van der Waals surface area contributed by atoms with Gasteiger partial charge in [-0.05, 0) is 226 Å². The van der Waals surface area contributed by atoms with Crippen molar-refractivity contribution in [2.24, 2.45) is 10.8 Å². The van der Waals surface area contributed by atoms with E-state index in [0.717, 1.165) is 119 Å². The number of phenolic OH excluding ortho intramolecular Hbond substituents is 2. The molecule has 2 N–H and O–H groups in total. The highest BCUT2D eigenvalue weighted by Crippen LogP contribution is 2.53. The molecule has 0 amide bonds. The normalized spacial score (nSPS) is 14.8. The third-order valence-corrected chi connectivity index (χ3v) is 17.3. The van der Waals surface area contributed by atoms with Gasteiger partial charge in [-0.15, -0.1) is 0 Å². The zero-order chi connectivity index (χ0) is 57.8. The predicted octanol–water partition coefficient (Wildman–Crippen LogP) is 19.9. The van der Waals surface area contributed by atoms with Crippen LogP contribution in [0.1, 0.15) is 161 Å². The molecule has 0 aliphatic heterocycles. The molecular weight excluding hydrogens is 997 g/mol. The largest absolute Gasteiger partial charge is 0.507 e. The molecule has 0 saturated heterocycles. The first-order valence-corrected chi connectivity index (χ1v) is 29.9. The fraction of sp³-hybridized carbons (Fsp3) is 0.413. The molecule has 0 saturated carbocycles. The van der Waals surface area contributed by atoms with E-state index >= 15 is 0 Å². The summed E-state index contributed by atoms with van der Waals surface area (Å²) < 4.78 is 26.0. The van der Waals surface area contributed by atoms with Crippen molar-refractivity contribution in [1.29, 1.82) is 0 Å². The number of benzene rings is 8. The second-order valence-corrected chi connectivity index (χ2v) is 27.5. The van der Waals surface area contributed by atoms with Gasteiger partial charge in [0.1, 0.15) is 34.5 Å². The van der Waals surface area contributed by atoms with E-state index in [9.17, 15) is 10.2 Å². The summed E-state index contributed by atoms with van der Waals surface area (Å²) in [5.41, 5.74) is 14.3. The number of methoxy groups -OCH3 is 2. The highest BCUT2D eigenvalue weighted by atomic mass is 16.5. The van der Waals surface area contributed by atoms with Crippen LogP contribution in [0.3, 0.4) is 0 Å².